The normalized spacial score (nSPS) is 12.7. The fraction of sp³-hybridized carbons (Fsp3) is 0.111. The Morgan fingerprint density at radius 2 is 2.00 bits per heavy atom. The van der Waals surface area contributed by atoms with Crippen molar-refractivity contribution in [3.63, 3.8) is 0 Å². The first-order valence-electron chi connectivity index (χ1n) is 3.36. The molecular formula is C9H8OSb. The molecule has 1 nitrogen and oxygen atoms in total. The van der Waals surface area contributed by atoms with Gasteiger partial charge in [0.2, 0.25) is 0 Å². The zero-order valence-corrected chi connectivity index (χ0v) is 8.58. The van der Waals surface area contributed by atoms with Crippen molar-refractivity contribution in [2.75, 3.05) is 0 Å². The van der Waals surface area contributed by atoms with Gasteiger partial charge < -0.3 is 4.74 Å². The molecular weight excluding hydrogens is 246 g/mol. The van der Waals surface area contributed by atoms with Crippen molar-refractivity contribution in [1.29, 1.82) is 0 Å². The summed E-state index contributed by atoms with van der Waals surface area (Å²) in [5, 5.41) is 0. The summed E-state index contributed by atoms with van der Waals surface area (Å²) in [6, 6.07) is 8.08. The van der Waals surface area contributed by atoms with E-state index < -0.39 is 0 Å². The third-order valence-electron chi connectivity index (χ3n) is 1.60. The molecule has 0 N–H and O–H groups in total. The minimum absolute atomic E-state index is 0. The van der Waals surface area contributed by atoms with Crippen LogP contribution in [0, 0.1) is 0 Å². The third kappa shape index (κ3) is 1.78. The Labute approximate surface area is 83.5 Å². The fourth-order valence-electron chi connectivity index (χ4n) is 1.08. The molecule has 0 saturated heterocycles. The Morgan fingerprint density at radius 3 is 2.82 bits per heavy atom. The predicted octanol–water partition coefficient (Wildman–Crippen LogP) is 1.75. The van der Waals surface area contributed by atoms with Crippen LogP contribution in [0.15, 0.2) is 36.6 Å². The van der Waals surface area contributed by atoms with Crippen molar-refractivity contribution in [2.45, 2.75) is 6.42 Å². The van der Waals surface area contributed by atoms with E-state index in [1.165, 1.54) is 5.56 Å². The van der Waals surface area contributed by atoms with Crippen LogP contribution >= 0.6 is 0 Å². The van der Waals surface area contributed by atoms with Crippen LogP contribution in [-0.2, 0) is 6.42 Å². The van der Waals surface area contributed by atoms with Gasteiger partial charge in [0.1, 0.15) is 5.75 Å². The molecule has 11 heavy (non-hydrogen) atoms. The summed E-state index contributed by atoms with van der Waals surface area (Å²) in [6.07, 6.45) is 4.75. The van der Waals surface area contributed by atoms with E-state index in [-0.39, 0.29) is 24.4 Å². The fourth-order valence-corrected chi connectivity index (χ4v) is 1.08. The Balaban J connectivity index is 0.000000605. The number of hydrogen-bond acceptors (Lipinski definition) is 1. The number of benzene rings is 1. The van der Waals surface area contributed by atoms with Crippen molar-refractivity contribution in [3.8, 4) is 5.75 Å². The molecule has 1 aromatic rings. The van der Waals surface area contributed by atoms with E-state index in [2.05, 4.69) is 6.07 Å². The molecule has 1 aliphatic heterocycles. The molecule has 2 rings (SSSR count). The van der Waals surface area contributed by atoms with Crippen LogP contribution in [0.3, 0.4) is 0 Å². The minimum atomic E-state index is 0. The van der Waals surface area contributed by atoms with Crippen LogP contribution in [-0.4, -0.2) is 24.4 Å². The zero-order valence-electron chi connectivity index (χ0n) is 6.03. The second kappa shape index (κ2) is 3.82. The van der Waals surface area contributed by atoms with Crippen molar-refractivity contribution in [3.05, 3.63) is 42.2 Å². The molecule has 2 heteroatoms. The van der Waals surface area contributed by atoms with Crippen LogP contribution in [0.4, 0.5) is 0 Å². The van der Waals surface area contributed by atoms with E-state index in [0.717, 1.165) is 12.2 Å². The van der Waals surface area contributed by atoms with Crippen molar-refractivity contribution < 1.29 is 4.74 Å². The number of hydrogen-bond donors (Lipinski definition) is 0. The topological polar surface area (TPSA) is 9.23 Å². The molecule has 0 aromatic heterocycles. The van der Waals surface area contributed by atoms with Crippen molar-refractivity contribution >= 4 is 24.4 Å². The largest absolute Gasteiger partial charge is 0.465 e. The van der Waals surface area contributed by atoms with Gasteiger partial charge in [0, 0.05) is 24.4 Å². The van der Waals surface area contributed by atoms with Crippen LogP contribution in [0.25, 0.3) is 0 Å². The molecule has 0 amide bonds. The Kier molecular flexibility index (Phi) is 3.01. The SMILES string of the molecule is C1=COc2ccccc2C1.[Sb]. The average Bonchev–Trinajstić information content (AvgIpc) is 2.05. The summed E-state index contributed by atoms with van der Waals surface area (Å²) in [6.45, 7) is 0. The van der Waals surface area contributed by atoms with Gasteiger partial charge in [-0.25, -0.2) is 0 Å². The molecule has 0 fully saturated rings. The summed E-state index contributed by atoms with van der Waals surface area (Å²) in [5.41, 5.74) is 1.27. The summed E-state index contributed by atoms with van der Waals surface area (Å²) in [5.74, 6) is 0.991. The quantitative estimate of drug-likeness (QED) is 0.641. The second-order valence-electron chi connectivity index (χ2n) is 2.30. The van der Waals surface area contributed by atoms with Gasteiger partial charge in [-0.05, 0) is 24.1 Å². The van der Waals surface area contributed by atoms with Gasteiger partial charge in [0.15, 0.2) is 0 Å². The molecule has 1 heterocycles. The van der Waals surface area contributed by atoms with E-state index in [9.17, 15) is 0 Å². The Hall–Kier alpha value is -0.422. The first-order chi connectivity index (χ1) is 4.97. The molecule has 3 radical (unpaired) electrons. The second-order valence-corrected chi connectivity index (χ2v) is 2.30. The molecule has 0 aliphatic carbocycles. The molecule has 0 atom stereocenters. The maximum absolute atomic E-state index is 5.24. The van der Waals surface area contributed by atoms with Crippen molar-refractivity contribution in [1.82, 2.24) is 0 Å². The Bertz CT molecular complexity index is 241. The Morgan fingerprint density at radius 1 is 1.18 bits per heavy atom. The maximum atomic E-state index is 5.24. The van der Waals surface area contributed by atoms with Crippen LogP contribution in [0.2, 0.25) is 0 Å². The van der Waals surface area contributed by atoms with Gasteiger partial charge >= 0.3 is 0 Å². The van der Waals surface area contributed by atoms with Crippen LogP contribution in [0.5, 0.6) is 5.75 Å². The molecule has 55 valence electrons. The summed E-state index contributed by atoms with van der Waals surface area (Å²) < 4.78 is 5.24. The number of fused-ring (bicyclic) bond motifs is 1. The first kappa shape index (κ1) is 8.67. The monoisotopic (exact) mass is 253 g/mol. The van der Waals surface area contributed by atoms with E-state index in [1.54, 1.807) is 6.26 Å². The number of para-hydroxylation sites is 1. The standard InChI is InChI=1S/C9H8O.Sb/c1-2-6-9-8(4-1)5-3-7-10-9;/h1-4,6-7H,5H2;. The molecule has 0 bridgehead atoms. The van der Waals surface area contributed by atoms with E-state index in [1.807, 2.05) is 24.3 Å². The number of allylic oxidation sites excluding steroid dienone is 1. The van der Waals surface area contributed by atoms with Crippen LogP contribution < -0.4 is 4.74 Å². The van der Waals surface area contributed by atoms with Gasteiger partial charge in [-0.2, -0.15) is 0 Å². The molecule has 0 spiro atoms. The van der Waals surface area contributed by atoms with Gasteiger partial charge in [-0.3, -0.25) is 0 Å². The summed E-state index contributed by atoms with van der Waals surface area (Å²) in [7, 11) is 0. The molecule has 0 unspecified atom stereocenters. The molecule has 1 aliphatic rings. The van der Waals surface area contributed by atoms with Gasteiger partial charge in [0.25, 0.3) is 0 Å². The van der Waals surface area contributed by atoms with E-state index in [4.69, 9.17) is 4.74 Å². The predicted molar refractivity (Wildman–Crippen MR) is 45.7 cm³/mol. The van der Waals surface area contributed by atoms with Gasteiger partial charge in [-0.15, -0.1) is 0 Å². The van der Waals surface area contributed by atoms with Gasteiger partial charge in [0.05, 0.1) is 6.26 Å². The molecule has 1 aromatic carbocycles. The van der Waals surface area contributed by atoms with Crippen LogP contribution in [0.1, 0.15) is 5.56 Å². The van der Waals surface area contributed by atoms with E-state index >= 15 is 0 Å². The maximum Gasteiger partial charge on any atom is 0.130 e. The average molecular weight is 254 g/mol. The number of ether oxygens (including phenoxy) is 1. The van der Waals surface area contributed by atoms with E-state index in [0.29, 0.717) is 0 Å². The first-order valence-corrected chi connectivity index (χ1v) is 3.36. The van der Waals surface area contributed by atoms with Gasteiger partial charge in [-0.1, -0.05) is 18.2 Å². The number of rotatable bonds is 0. The minimum Gasteiger partial charge on any atom is -0.465 e. The zero-order chi connectivity index (χ0) is 6.81. The molecule has 0 saturated carbocycles. The van der Waals surface area contributed by atoms with Crippen molar-refractivity contribution in [2.24, 2.45) is 0 Å². The summed E-state index contributed by atoms with van der Waals surface area (Å²) >= 11 is 0. The third-order valence-corrected chi connectivity index (χ3v) is 1.60. The smallest absolute Gasteiger partial charge is 0.130 e. The summed E-state index contributed by atoms with van der Waals surface area (Å²) in [4.78, 5) is 0.